The highest BCUT2D eigenvalue weighted by Crippen LogP contribution is 1.87. The quantitative estimate of drug-likeness (QED) is 0.0608. The smallest absolute Gasteiger partial charge is 0.329 e. The fourth-order valence-corrected chi connectivity index (χ4v) is 3.15. The van der Waals surface area contributed by atoms with Crippen LogP contribution in [0.25, 0.3) is 0 Å². The molecule has 18 nitrogen and oxygen atoms in total. The van der Waals surface area contributed by atoms with E-state index in [0.29, 0.717) is 172 Å². The Morgan fingerprint density at radius 1 is 0.375 bits per heavy atom. The lowest BCUT2D eigenvalue weighted by Crippen LogP contribution is -2.31. The Bertz CT molecular complexity index is 668. The Kier molecular flexibility index (Phi) is 40.1. The molecule has 0 heterocycles. The lowest BCUT2D eigenvalue weighted by molar-refractivity contribution is -0.143. The van der Waals surface area contributed by atoms with Crippen molar-refractivity contribution in [3.8, 4) is 0 Å². The number of carboxylic acid groups (broad SMARTS) is 1. The van der Waals surface area contributed by atoms with E-state index in [-0.39, 0.29) is 6.61 Å². The van der Waals surface area contributed by atoms with E-state index in [4.69, 9.17) is 67.7 Å². The number of hydrogen-bond donors (Lipinski definition) is 3. The summed E-state index contributed by atoms with van der Waals surface area (Å²) in [4.78, 5) is 21.6. The van der Waals surface area contributed by atoms with Gasteiger partial charge in [-0.1, -0.05) is 0 Å². The first-order valence-electron chi connectivity index (χ1n) is 16.4. The summed E-state index contributed by atoms with van der Waals surface area (Å²) in [5.74, 6) is -1.52. The molecule has 0 radical (unpaired) electrons. The highest BCUT2D eigenvalue weighted by molar-refractivity contribution is 5.77. The van der Waals surface area contributed by atoms with Crippen LogP contribution in [0.1, 0.15) is 0 Å². The van der Waals surface area contributed by atoms with Crippen molar-refractivity contribution in [1.82, 2.24) is 5.32 Å². The summed E-state index contributed by atoms with van der Waals surface area (Å²) >= 11 is 0. The first-order valence-corrected chi connectivity index (χ1v) is 16.4. The van der Waals surface area contributed by atoms with Gasteiger partial charge in [-0.05, 0) is 0 Å². The highest BCUT2D eigenvalue weighted by atomic mass is 16.6. The fraction of sp³-hybridized carbons (Fsp3) is 0.933. The van der Waals surface area contributed by atoms with Crippen LogP contribution in [-0.2, 0) is 71.2 Å². The van der Waals surface area contributed by atoms with Gasteiger partial charge < -0.3 is 77.7 Å². The van der Waals surface area contributed by atoms with E-state index >= 15 is 0 Å². The maximum atomic E-state index is 11.4. The minimum atomic E-state index is -1.12. The van der Waals surface area contributed by atoms with Gasteiger partial charge in [0.15, 0.2) is 0 Å². The third-order valence-corrected chi connectivity index (χ3v) is 5.38. The molecule has 0 saturated heterocycles. The molecule has 0 fully saturated rings. The summed E-state index contributed by atoms with van der Waals surface area (Å²) in [6.07, 6.45) is 0. The molecule has 0 aliphatic heterocycles. The first-order chi connectivity index (χ1) is 23.7. The van der Waals surface area contributed by atoms with Crippen molar-refractivity contribution in [3.05, 3.63) is 0 Å². The Labute approximate surface area is 284 Å². The maximum absolute atomic E-state index is 11.4. The summed E-state index contributed by atoms with van der Waals surface area (Å²) in [7, 11) is 0. The number of rotatable bonds is 42. The van der Waals surface area contributed by atoms with Gasteiger partial charge in [-0.3, -0.25) is 4.79 Å². The van der Waals surface area contributed by atoms with Crippen molar-refractivity contribution in [2.75, 3.05) is 185 Å². The van der Waals surface area contributed by atoms with E-state index < -0.39 is 18.5 Å². The second-order valence-corrected chi connectivity index (χ2v) is 9.37. The van der Waals surface area contributed by atoms with E-state index in [9.17, 15) is 9.59 Å². The molecule has 0 bridgehead atoms. The fourth-order valence-electron chi connectivity index (χ4n) is 3.15. The number of carboxylic acids is 1. The van der Waals surface area contributed by atoms with Gasteiger partial charge in [0.25, 0.3) is 0 Å². The number of aliphatic carboxylic acids is 1. The van der Waals surface area contributed by atoms with Crippen molar-refractivity contribution in [2.24, 2.45) is 5.73 Å². The molecule has 0 unspecified atom stereocenters. The van der Waals surface area contributed by atoms with Crippen molar-refractivity contribution in [2.45, 2.75) is 0 Å². The second kappa shape index (κ2) is 41.6. The van der Waals surface area contributed by atoms with Crippen LogP contribution in [-0.4, -0.2) is 202 Å². The van der Waals surface area contributed by atoms with Crippen LogP contribution in [0.3, 0.4) is 0 Å². The zero-order chi connectivity index (χ0) is 34.9. The van der Waals surface area contributed by atoms with Crippen molar-refractivity contribution in [3.63, 3.8) is 0 Å². The van der Waals surface area contributed by atoms with Gasteiger partial charge in [-0.15, -0.1) is 0 Å². The third kappa shape index (κ3) is 42.4. The van der Waals surface area contributed by atoms with Crippen LogP contribution in [0.4, 0.5) is 0 Å². The minimum Gasteiger partial charge on any atom is -0.480 e. The molecule has 286 valence electrons. The Balaban J connectivity index is 3.08. The SMILES string of the molecule is NCCOCCOCCOCCOCCOCCOCCOCCOCCOCCOCCOCCOCCNC(=O)COCC(=O)O. The molecule has 0 saturated carbocycles. The van der Waals surface area contributed by atoms with Gasteiger partial charge >= 0.3 is 5.97 Å². The summed E-state index contributed by atoms with van der Waals surface area (Å²) in [6, 6.07) is 0. The van der Waals surface area contributed by atoms with Crippen molar-refractivity contribution < 1.29 is 76.3 Å². The first kappa shape index (κ1) is 46.4. The van der Waals surface area contributed by atoms with E-state index in [1.54, 1.807) is 0 Å². The molecule has 0 spiro atoms. The van der Waals surface area contributed by atoms with Gasteiger partial charge in [0, 0.05) is 13.1 Å². The summed E-state index contributed by atoms with van der Waals surface area (Å²) in [5.41, 5.74) is 5.33. The largest absolute Gasteiger partial charge is 0.480 e. The predicted molar refractivity (Wildman–Crippen MR) is 170 cm³/mol. The molecule has 0 aromatic heterocycles. The zero-order valence-electron chi connectivity index (χ0n) is 28.4. The number of hydrogen-bond acceptors (Lipinski definition) is 16. The molecule has 0 aliphatic carbocycles. The molecular weight excluding hydrogens is 644 g/mol. The minimum absolute atomic E-state index is 0.299. The molecule has 0 aliphatic rings. The molecule has 18 heteroatoms. The monoisotopic (exact) mass is 704 g/mol. The lowest BCUT2D eigenvalue weighted by Gasteiger charge is -2.09. The second-order valence-electron chi connectivity index (χ2n) is 9.37. The zero-order valence-corrected chi connectivity index (χ0v) is 28.4. The number of ether oxygens (including phenoxy) is 13. The predicted octanol–water partition coefficient (Wildman–Crippen LogP) is -1.64. The lowest BCUT2D eigenvalue weighted by atomic mass is 10.6. The molecule has 4 N–H and O–H groups in total. The van der Waals surface area contributed by atoms with Crippen LogP contribution in [0.15, 0.2) is 0 Å². The van der Waals surface area contributed by atoms with Crippen LogP contribution >= 0.6 is 0 Å². The molecule has 0 aromatic carbocycles. The summed E-state index contributed by atoms with van der Waals surface area (Å²) in [5, 5.41) is 11.0. The average Bonchev–Trinajstić information content (AvgIpc) is 3.07. The number of nitrogens with one attached hydrogen (secondary N) is 1. The van der Waals surface area contributed by atoms with Crippen LogP contribution in [0.5, 0.6) is 0 Å². The average molecular weight is 705 g/mol. The third-order valence-electron chi connectivity index (χ3n) is 5.38. The van der Waals surface area contributed by atoms with Gasteiger partial charge in [0.05, 0.1) is 159 Å². The topological polar surface area (TPSA) is 212 Å². The Morgan fingerprint density at radius 3 is 0.875 bits per heavy atom. The molecule has 1 amide bonds. The number of carbonyl (C=O) groups is 2. The highest BCUT2D eigenvalue weighted by Gasteiger charge is 2.03. The van der Waals surface area contributed by atoms with E-state index in [2.05, 4.69) is 10.1 Å². The van der Waals surface area contributed by atoms with Gasteiger partial charge in [-0.2, -0.15) is 0 Å². The number of carbonyl (C=O) groups excluding carboxylic acids is 1. The Morgan fingerprint density at radius 2 is 0.625 bits per heavy atom. The van der Waals surface area contributed by atoms with Crippen LogP contribution < -0.4 is 11.1 Å². The normalized spacial score (nSPS) is 11.4. The summed E-state index contributed by atoms with van der Waals surface area (Å²) in [6.45, 7) is 11.4. The standard InChI is InChI=1S/C30H60N2O16/c31-1-3-36-5-7-38-9-11-40-13-15-42-17-19-44-21-23-46-25-26-47-24-22-45-20-18-43-16-14-41-12-10-39-8-6-37-4-2-32-29(33)27-48-28-30(34)35/h1-28,31H2,(H,32,33)(H,34,35). The Hall–Kier alpha value is -1.62. The van der Waals surface area contributed by atoms with E-state index in [1.807, 2.05) is 0 Å². The van der Waals surface area contributed by atoms with Crippen LogP contribution in [0, 0.1) is 0 Å². The summed E-state index contributed by atoms with van der Waals surface area (Å²) < 4.78 is 69.5. The number of nitrogens with two attached hydrogens (primary N) is 1. The molecule has 0 rings (SSSR count). The van der Waals surface area contributed by atoms with Crippen LogP contribution in [0.2, 0.25) is 0 Å². The number of amides is 1. The molecule has 48 heavy (non-hydrogen) atoms. The molecule has 0 atom stereocenters. The molecular formula is C30H60N2O16. The van der Waals surface area contributed by atoms with E-state index in [0.717, 1.165) is 0 Å². The van der Waals surface area contributed by atoms with Gasteiger partial charge in [-0.25, -0.2) is 4.79 Å². The van der Waals surface area contributed by atoms with Gasteiger partial charge in [0.2, 0.25) is 5.91 Å². The maximum Gasteiger partial charge on any atom is 0.329 e. The molecule has 0 aromatic rings. The van der Waals surface area contributed by atoms with E-state index in [1.165, 1.54) is 0 Å². The van der Waals surface area contributed by atoms with Crippen molar-refractivity contribution in [1.29, 1.82) is 0 Å². The van der Waals surface area contributed by atoms with Crippen molar-refractivity contribution >= 4 is 11.9 Å². The van der Waals surface area contributed by atoms with Gasteiger partial charge in [0.1, 0.15) is 13.2 Å².